The van der Waals surface area contributed by atoms with Crippen LogP contribution in [0.5, 0.6) is 0 Å². The third-order valence-corrected chi connectivity index (χ3v) is 3.31. The van der Waals surface area contributed by atoms with E-state index in [0.717, 1.165) is 11.6 Å². The van der Waals surface area contributed by atoms with Gasteiger partial charge in [-0.25, -0.2) is 15.8 Å². The molecule has 1 aromatic rings. The molecule has 5 heteroatoms. The summed E-state index contributed by atoms with van der Waals surface area (Å²) < 4.78 is 0. The third kappa shape index (κ3) is 3.06. The predicted molar refractivity (Wildman–Crippen MR) is 69.6 cm³/mol. The van der Waals surface area contributed by atoms with Gasteiger partial charge in [-0.2, -0.15) is 0 Å². The summed E-state index contributed by atoms with van der Waals surface area (Å²) in [5.41, 5.74) is 3.00. The van der Waals surface area contributed by atoms with Gasteiger partial charge in [-0.05, 0) is 31.6 Å². The Morgan fingerprint density at radius 3 is 2.65 bits per heavy atom. The highest BCUT2D eigenvalue weighted by molar-refractivity contribution is 5.47. The van der Waals surface area contributed by atoms with Gasteiger partial charge in [0, 0.05) is 12.1 Å². The minimum absolute atomic E-state index is 0.439. The molecule has 1 aliphatic carbocycles. The monoisotopic (exact) mass is 235 g/mol. The summed E-state index contributed by atoms with van der Waals surface area (Å²) in [6, 6.07) is 2.35. The van der Waals surface area contributed by atoms with Gasteiger partial charge >= 0.3 is 0 Å². The Kier molecular flexibility index (Phi) is 3.19. The lowest BCUT2D eigenvalue weighted by atomic mass is 9.92. The first kappa shape index (κ1) is 12.1. The highest BCUT2D eigenvalue weighted by Crippen LogP contribution is 2.38. The number of rotatable bonds is 3. The second-order valence-corrected chi connectivity index (χ2v) is 5.58. The van der Waals surface area contributed by atoms with Crippen molar-refractivity contribution in [3.8, 4) is 0 Å². The highest BCUT2D eigenvalue weighted by Gasteiger charge is 2.30. The molecule has 0 amide bonds. The first-order chi connectivity index (χ1) is 7.98. The summed E-state index contributed by atoms with van der Waals surface area (Å²) in [7, 11) is 0. The summed E-state index contributed by atoms with van der Waals surface area (Å²) >= 11 is 0. The Labute approximate surface area is 102 Å². The average Bonchev–Trinajstić information content (AvgIpc) is 2.57. The van der Waals surface area contributed by atoms with Crippen LogP contribution in [0.25, 0.3) is 0 Å². The lowest BCUT2D eigenvalue weighted by molar-refractivity contribution is 0.378. The van der Waals surface area contributed by atoms with E-state index in [2.05, 4.69) is 34.6 Å². The lowest BCUT2D eigenvalue weighted by Crippen LogP contribution is -2.19. The van der Waals surface area contributed by atoms with Gasteiger partial charge in [0.2, 0.25) is 0 Å². The van der Waals surface area contributed by atoms with E-state index in [0.29, 0.717) is 17.3 Å². The number of hydrogen-bond acceptors (Lipinski definition) is 5. The van der Waals surface area contributed by atoms with Gasteiger partial charge in [0.05, 0.1) is 0 Å². The molecule has 2 rings (SSSR count). The summed E-state index contributed by atoms with van der Waals surface area (Å²) in [6.07, 6.45) is 3.64. The van der Waals surface area contributed by atoms with Crippen LogP contribution < -0.4 is 16.6 Å². The Morgan fingerprint density at radius 2 is 2.06 bits per heavy atom. The van der Waals surface area contributed by atoms with Crippen LogP contribution in [0.1, 0.15) is 38.9 Å². The molecule has 0 aliphatic heterocycles. The molecular weight excluding hydrogens is 214 g/mol. The van der Waals surface area contributed by atoms with Crippen molar-refractivity contribution in [1.29, 1.82) is 0 Å². The van der Waals surface area contributed by atoms with E-state index in [1.807, 2.05) is 13.0 Å². The van der Waals surface area contributed by atoms with Gasteiger partial charge < -0.3 is 10.7 Å². The quantitative estimate of drug-likeness (QED) is 0.552. The third-order valence-electron chi connectivity index (χ3n) is 3.31. The number of nitrogen functional groups attached to an aromatic ring is 1. The Bertz CT molecular complexity index is 402. The molecule has 5 nitrogen and oxygen atoms in total. The van der Waals surface area contributed by atoms with E-state index < -0.39 is 0 Å². The lowest BCUT2D eigenvalue weighted by Gasteiger charge is -2.18. The van der Waals surface area contributed by atoms with Crippen LogP contribution in [-0.4, -0.2) is 16.0 Å². The molecular formula is C12H21N5. The number of anilines is 2. The molecule has 4 N–H and O–H groups in total. The van der Waals surface area contributed by atoms with Gasteiger partial charge in [0.1, 0.15) is 17.5 Å². The topological polar surface area (TPSA) is 75.9 Å². The Hall–Kier alpha value is -1.36. The van der Waals surface area contributed by atoms with E-state index in [1.165, 1.54) is 19.3 Å². The number of nitrogens with one attached hydrogen (secondary N) is 2. The van der Waals surface area contributed by atoms with Crippen LogP contribution in [0.15, 0.2) is 6.07 Å². The van der Waals surface area contributed by atoms with Gasteiger partial charge in [-0.1, -0.05) is 13.8 Å². The number of hydrogen-bond donors (Lipinski definition) is 3. The zero-order chi connectivity index (χ0) is 12.5. The van der Waals surface area contributed by atoms with E-state index in [4.69, 9.17) is 5.84 Å². The molecule has 1 atom stereocenters. The molecule has 94 valence electrons. The molecule has 1 heterocycles. The molecule has 17 heavy (non-hydrogen) atoms. The van der Waals surface area contributed by atoms with E-state index in [1.54, 1.807) is 0 Å². The van der Waals surface area contributed by atoms with E-state index >= 15 is 0 Å². The fourth-order valence-electron chi connectivity index (χ4n) is 2.48. The molecule has 0 aromatic carbocycles. The van der Waals surface area contributed by atoms with Crippen molar-refractivity contribution in [3.63, 3.8) is 0 Å². The first-order valence-electron chi connectivity index (χ1n) is 6.07. The van der Waals surface area contributed by atoms with Crippen LogP contribution in [0, 0.1) is 12.3 Å². The van der Waals surface area contributed by atoms with Crippen LogP contribution >= 0.6 is 0 Å². The largest absolute Gasteiger partial charge is 0.367 e. The minimum Gasteiger partial charge on any atom is -0.367 e. The summed E-state index contributed by atoms with van der Waals surface area (Å²) in [6.45, 7) is 6.49. The van der Waals surface area contributed by atoms with Crippen LogP contribution in [0.2, 0.25) is 0 Å². The highest BCUT2D eigenvalue weighted by atomic mass is 15.3. The van der Waals surface area contributed by atoms with Crippen molar-refractivity contribution in [2.45, 2.75) is 46.1 Å². The number of hydrazine groups is 1. The smallest absolute Gasteiger partial charge is 0.145 e. The van der Waals surface area contributed by atoms with Crippen LogP contribution in [0.3, 0.4) is 0 Å². The maximum Gasteiger partial charge on any atom is 0.145 e. The molecule has 1 aromatic heterocycles. The van der Waals surface area contributed by atoms with Crippen LogP contribution in [0.4, 0.5) is 11.6 Å². The summed E-state index contributed by atoms with van der Waals surface area (Å²) in [5.74, 6) is 7.60. The normalized spacial score (nSPS) is 22.5. The maximum absolute atomic E-state index is 5.37. The van der Waals surface area contributed by atoms with E-state index in [-0.39, 0.29) is 0 Å². The second-order valence-electron chi connectivity index (χ2n) is 5.58. The molecule has 1 saturated carbocycles. The van der Waals surface area contributed by atoms with Gasteiger partial charge in [-0.3, -0.25) is 0 Å². The number of aryl methyl sites for hydroxylation is 1. The fourth-order valence-corrected chi connectivity index (χ4v) is 2.48. The second kappa shape index (κ2) is 4.49. The predicted octanol–water partition coefficient (Wildman–Crippen LogP) is 2.06. The summed E-state index contributed by atoms with van der Waals surface area (Å²) in [5, 5.41) is 3.47. The molecule has 1 aliphatic rings. The van der Waals surface area contributed by atoms with E-state index in [9.17, 15) is 0 Å². The molecule has 0 radical (unpaired) electrons. The van der Waals surface area contributed by atoms with Crippen molar-refractivity contribution in [1.82, 2.24) is 9.97 Å². The molecule has 0 spiro atoms. The van der Waals surface area contributed by atoms with Gasteiger partial charge in [-0.15, -0.1) is 0 Å². The molecule has 0 bridgehead atoms. The zero-order valence-corrected chi connectivity index (χ0v) is 10.7. The fraction of sp³-hybridized carbons (Fsp3) is 0.667. The zero-order valence-electron chi connectivity index (χ0n) is 10.7. The van der Waals surface area contributed by atoms with Crippen LogP contribution in [-0.2, 0) is 0 Å². The minimum atomic E-state index is 0.439. The number of nitrogens with two attached hydrogens (primary N) is 1. The van der Waals surface area contributed by atoms with Crippen molar-refractivity contribution < 1.29 is 0 Å². The Balaban J connectivity index is 2.06. The van der Waals surface area contributed by atoms with Crippen molar-refractivity contribution >= 4 is 11.6 Å². The van der Waals surface area contributed by atoms with Gasteiger partial charge in [0.15, 0.2) is 0 Å². The number of nitrogens with zero attached hydrogens (tertiary/aromatic N) is 2. The molecule has 1 fully saturated rings. The molecule has 0 saturated heterocycles. The number of aromatic nitrogens is 2. The standard InChI is InChI=1S/C12H21N5/c1-8-14-10(6-11(15-8)17-13)16-9-4-5-12(2,3)7-9/h6,9H,4-5,7,13H2,1-3H3,(H2,14,15,16,17). The average molecular weight is 235 g/mol. The molecule has 1 unspecified atom stereocenters. The van der Waals surface area contributed by atoms with Crippen molar-refractivity contribution in [2.24, 2.45) is 11.3 Å². The van der Waals surface area contributed by atoms with Gasteiger partial charge in [0.25, 0.3) is 0 Å². The Morgan fingerprint density at radius 1 is 1.35 bits per heavy atom. The van der Waals surface area contributed by atoms with Crippen molar-refractivity contribution in [3.05, 3.63) is 11.9 Å². The first-order valence-corrected chi connectivity index (χ1v) is 6.07. The SMILES string of the molecule is Cc1nc(NN)cc(NC2CCC(C)(C)C2)n1. The van der Waals surface area contributed by atoms with Crippen molar-refractivity contribution in [2.75, 3.05) is 10.7 Å². The maximum atomic E-state index is 5.37. The summed E-state index contributed by atoms with van der Waals surface area (Å²) in [4.78, 5) is 8.54.